The lowest BCUT2D eigenvalue weighted by molar-refractivity contribution is -0.121. The maximum atomic E-state index is 11.0. The van der Waals surface area contributed by atoms with Gasteiger partial charge in [-0.3, -0.25) is 4.79 Å². The molecule has 1 aromatic rings. The first kappa shape index (κ1) is 13.4. The van der Waals surface area contributed by atoms with Crippen LogP contribution in [0, 0.1) is 0 Å². The third-order valence-corrected chi connectivity index (χ3v) is 3.52. The van der Waals surface area contributed by atoms with Crippen LogP contribution in [0.15, 0.2) is 17.2 Å². The van der Waals surface area contributed by atoms with Crippen LogP contribution in [-0.4, -0.2) is 11.6 Å². The number of nitrogens with one attached hydrogen (secondary N) is 1. The van der Waals surface area contributed by atoms with E-state index in [9.17, 15) is 4.79 Å². The first-order valence-corrected chi connectivity index (χ1v) is 6.59. The molecule has 0 bridgehead atoms. The molecule has 3 nitrogen and oxygen atoms in total. The molecule has 0 saturated carbocycles. The zero-order valence-corrected chi connectivity index (χ0v) is 11.8. The summed E-state index contributed by atoms with van der Waals surface area (Å²) in [5, 5.41) is 5.33. The van der Waals surface area contributed by atoms with Crippen LogP contribution in [0.25, 0.3) is 0 Å². The average molecular weight is 285 g/mol. The Balaban J connectivity index is 2.39. The van der Waals surface area contributed by atoms with Crippen LogP contribution >= 0.6 is 23.2 Å². The summed E-state index contributed by atoms with van der Waals surface area (Å²) in [6, 6.07) is 3.72. The van der Waals surface area contributed by atoms with E-state index < -0.39 is 0 Å². The summed E-state index contributed by atoms with van der Waals surface area (Å²) in [4.78, 5) is 11.0. The molecular weight excluding hydrogens is 271 g/mol. The van der Waals surface area contributed by atoms with Gasteiger partial charge in [-0.15, -0.1) is 0 Å². The fourth-order valence-electron chi connectivity index (χ4n) is 1.98. The molecule has 0 saturated heterocycles. The van der Waals surface area contributed by atoms with E-state index >= 15 is 0 Å². The summed E-state index contributed by atoms with van der Waals surface area (Å²) in [5.41, 5.74) is 5.10. The molecule has 1 amide bonds. The number of halogens is 2. The summed E-state index contributed by atoms with van der Waals surface area (Å²) in [6.45, 7) is 4.09. The number of carbonyl (C=O) groups is 1. The quantitative estimate of drug-likeness (QED) is 0.883. The van der Waals surface area contributed by atoms with Gasteiger partial charge in [0.25, 0.3) is 0 Å². The fourth-order valence-corrected chi connectivity index (χ4v) is 2.91. The van der Waals surface area contributed by atoms with Crippen LogP contribution < -0.4 is 5.43 Å². The lowest BCUT2D eigenvalue weighted by Gasteiger charge is -2.16. The molecule has 0 aromatic heterocycles. The molecule has 0 aliphatic carbocycles. The molecule has 0 unspecified atom stereocenters. The Labute approximate surface area is 116 Å². The lowest BCUT2D eigenvalue weighted by Crippen LogP contribution is -2.25. The summed E-state index contributed by atoms with van der Waals surface area (Å²) in [6.07, 6.45) is 1.06. The van der Waals surface area contributed by atoms with Crippen LogP contribution in [0.5, 0.6) is 0 Å². The molecule has 1 N–H and O–H groups in total. The second-order valence-corrected chi connectivity index (χ2v) is 5.42. The number of rotatable bonds is 2. The van der Waals surface area contributed by atoms with Gasteiger partial charge in [0.15, 0.2) is 0 Å². The van der Waals surface area contributed by atoms with Crippen molar-refractivity contribution in [1.82, 2.24) is 5.43 Å². The minimum atomic E-state index is -0.0604. The van der Waals surface area contributed by atoms with E-state index in [-0.39, 0.29) is 11.8 Å². The Morgan fingerprint density at radius 1 is 1.22 bits per heavy atom. The maximum absolute atomic E-state index is 11.0. The van der Waals surface area contributed by atoms with E-state index in [2.05, 4.69) is 10.5 Å². The minimum absolute atomic E-state index is 0.0604. The molecule has 5 heteroatoms. The van der Waals surface area contributed by atoms with Gasteiger partial charge in [-0.2, -0.15) is 5.10 Å². The fraction of sp³-hybridized carbons (Fsp3) is 0.385. The Bertz CT molecular complexity index is 501. The second-order valence-electron chi connectivity index (χ2n) is 4.60. The van der Waals surface area contributed by atoms with Gasteiger partial charge in [-0.1, -0.05) is 37.0 Å². The van der Waals surface area contributed by atoms with Crippen molar-refractivity contribution in [2.24, 2.45) is 5.10 Å². The third kappa shape index (κ3) is 2.68. The Hall–Kier alpha value is -1.06. The molecule has 0 fully saturated rings. The van der Waals surface area contributed by atoms with Crippen molar-refractivity contribution in [3.05, 3.63) is 33.3 Å². The molecule has 1 heterocycles. The molecule has 0 spiro atoms. The second kappa shape index (κ2) is 5.29. The molecular formula is C13H14Cl2N2O. The predicted molar refractivity (Wildman–Crippen MR) is 74.5 cm³/mol. The number of hydrogen-bond acceptors (Lipinski definition) is 2. The summed E-state index contributed by atoms with van der Waals surface area (Å²) in [7, 11) is 0. The zero-order valence-electron chi connectivity index (χ0n) is 10.3. The molecule has 96 valence electrons. The van der Waals surface area contributed by atoms with Crippen LogP contribution in [0.4, 0.5) is 0 Å². The molecule has 1 aliphatic heterocycles. The van der Waals surface area contributed by atoms with Crippen LogP contribution in [0.2, 0.25) is 10.0 Å². The molecule has 1 aromatic carbocycles. The number of hydrazone groups is 1. The highest BCUT2D eigenvalue weighted by Crippen LogP contribution is 2.33. The summed E-state index contributed by atoms with van der Waals surface area (Å²) >= 11 is 12.5. The van der Waals surface area contributed by atoms with Crippen molar-refractivity contribution < 1.29 is 4.79 Å². The van der Waals surface area contributed by atoms with E-state index in [4.69, 9.17) is 23.2 Å². The number of nitrogens with zero attached hydrogens (tertiary/aromatic N) is 1. The van der Waals surface area contributed by atoms with Crippen molar-refractivity contribution in [2.75, 3.05) is 0 Å². The van der Waals surface area contributed by atoms with E-state index in [0.717, 1.165) is 16.8 Å². The maximum Gasteiger partial charge on any atom is 0.240 e. The van der Waals surface area contributed by atoms with Gasteiger partial charge in [-0.25, -0.2) is 5.43 Å². The van der Waals surface area contributed by atoms with Gasteiger partial charge in [0.05, 0.1) is 5.71 Å². The Morgan fingerprint density at radius 2 is 1.83 bits per heavy atom. The third-order valence-electron chi connectivity index (χ3n) is 2.89. The van der Waals surface area contributed by atoms with E-state index in [1.54, 1.807) is 0 Å². The van der Waals surface area contributed by atoms with Crippen LogP contribution in [0.1, 0.15) is 43.7 Å². The highest BCUT2D eigenvalue weighted by Gasteiger charge is 2.17. The molecule has 1 aliphatic rings. The van der Waals surface area contributed by atoms with E-state index in [1.807, 2.05) is 26.0 Å². The van der Waals surface area contributed by atoms with Crippen molar-refractivity contribution in [3.63, 3.8) is 0 Å². The Kier molecular flexibility index (Phi) is 3.93. The normalized spacial score (nSPS) is 15.6. The van der Waals surface area contributed by atoms with Crippen molar-refractivity contribution >= 4 is 34.8 Å². The largest absolute Gasteiger partial charge is 0.273 e. The van der Waals surface area contributed by atoms with E-state index in [1.165, 1.54) is 0 Å². The number of amides is 1. The van der Waals surface area contributed by atoms with Gasteiger partial charge in [-0.05, 0) is 23.6 Å². The molecule has 2 rings (SSSR count). The summed E-state index contributed by atoms with van der Waals surface area (Å²) < 4.78 is 0. The lowest BCUT2D eigenvalue weighted by atomic mass is 9.98. The van der Waals surface area contributed by atoms with Gasteiger partial charge in [0.1, 0.15) is 0 Å². The minimum Gasteiger partial charge on any atom is -0.273 e. The summed E-state index contributed by atoms with van der Waals surface area (Å²) in [5.74, 6) is 0.210. The Morgan fingerprint density at radius 3 is 2.28 bits per heavy atom. The van der Waals surface area contributed by atoms with Gasteiger partial charge in [0, 0.05) is 28.5 Å². The van der Waals surface area contributed by atoms with Crippen LogP contribution in [0.3, 0.4) is 0 Å². The average Bonchev–Trinajstić information content (AvgIpc) is 2.28. The molecule has 0 radical (unpaired) electrons. The van der Waals surface area contributed by atoms with Gasteiger partial charge >= 0.3 is 0 Å². The van der Waals surface area contributed by atoms with Crippen molar-refractivity contribution in [1.29, 1.82) is 0 Å². The van der Waals surface area contributed by atoms with Gasteiger partial charge < -0.3 is 0 Å². The van der Waals surface area contributed by atoms with Crippen molar-refractivity contribution in [3.8, 4) is 0 Å². The highest BCUT2D eigenvalue weighted by molar-refractivity contribution is 6.36. The van der Waals surface area contributed by atoms with Crippen molar-refractivity contribution in [2.45, 2.75) is 32.6 Å². The zero-order chi connectivity index (χ0) is 13.3. The highest BCUT2D eigenvalue weighted by atomic mass is 35.5. The number of carbonyl (C=O) groups excluding carboxylic acids is 1. The smallest absolute Gasteiger partial charge is 0.240 e. The monoisotopic (exact) mass is 284 g/mol. The first-order valence-electron chi connectivity index (χ1n) is 5.83. The molecule has 18 heavy (non-hydrogen) atoms. The van der Waals surface area contributed by atoms with Gasteiger partial charge in [0.2, 0.25) is 5.91 Å². The SMILES string of the molecule is CC(C)c1c(Cl)cc(C2=NNC(=O)CC2)cc1Cl. The topological polar surface area (TPSA) is 41.5 Å². The predicted octanol–water partition coefficient (Wildman–Crippen LogP) is 3.73. The first-order chi connectivity index (χ1) is 8.49. The standard InChI is InChI=1S/C13H14Cl2N2O/c1-7(2)13-9(14)5-8(6-10(13)15)11-3-4-12(18)17-16-11/h5-7H,3-4H2,1-2H3,(H,17,18). The van der Waals surface area contributed by atoms with Crippen LogP contribution in [-0.2, 0) is 4.79 Å². The number of hydrogen-bond donors (Lipinski definition) is 1. The number of benzene rings is 1. The molecule has 0 atom stereocenters. The van der Waals surface area contributed by atoms with E-state index in [0.29, 0.717) is 22.9 Å².